The first-order chi connectivity index (χ1) is 16.7. The van der Waals surface area contributed by atoms with Gasteiger partial charge in [-0.25, -0.2) is 9.67 Å². The lowest BCUT2D eigenvalue weighted by molar-refractivity contribution is -0.384. The molecule has 1 atom stereocenters. The molecule has 0 aliphatic carbocycles. The average molecular weight is 491 g/mol. The standard InChI is InChI=1S/C24H22N6O4S/c1-13-4-7-20(15(3)8-13)29-22-18(11-25-29)23(32)28-17(12-35-24(28)27-22)10-21(31)26-19-6-5-16(30(33)34)9-14(19)2/h4-9,11,17H,10,12H2,1-3H3,(H,26,31). The summed E-state index contributed by atoms with van der Waals surface area (Å²) < 4.78 is 3.26. The van der Waals surface area contributed by atoms with Gasteiger partial charge in [0.05, 0.1) is 22.8 Å². The van der Waals surface area contributed by atoms with Crippen molar-refractivity contribution in [3.05, 3.63) is 79.8 Å². The minimum absolute atomic E-state index is 0.0374. The maximum absolute atomic E-state index is 13.4. The largest absolute Gasteiger partial charge is 0.326 e. The summed E-state index contributed by atoms with van der Waals surface area (Å²) >= 11 is 1.43. The quantitative estimate of drug-likeness (QED) is 0.254. The van der Waals surface area contributed by atoms with Gasteiger partial charge in [-0.05, 0) is 44.0 Å². The lowest BCUT2D eigenvalue weighted by atomic mass is 10.1. The molecule has 35 heavy (non-hydrogen) atoms. The van der Waals surface area contributed by atoms with Crippen LogP contribution in [0, 0.1) is 30.9 Å². The second kappa shape index (κ2) is 8.66. The molecule has 1 aliphatic heterocycles. The van der Waals surface area contributed by atoms with E-state index in [1.54, 1.807) is 16.2 Å². The van der Waals surface area contributed by atoms with E-state index in [4.69, 9.17) is 4.98 Å². The Morgan fingerprint density at radius 2 is 2.00 bits per heavy atom. The molecule has 1 unspecified atom stereocenters. The molecule has 4 aromatic rings. The van der Waals surface area contributed by atoms with Crippen LogP contribution in [0.5, 0.6) is 0 Å². The van der Waals surface area contributed by atoms with Crippen molar-refractivity contribution >= 4 is 40.1 Å². The molecule has 3 heterocycles. The number of non-ortho nitro benzene ring substituents is 1. The molecule has 2 aromatic carbocycles. The Labute approximate surface area is 204 Å². The third-order valence-electron chi connectivity index (χ3n) is 6.07. The van der Waals surface area contributed by atoms with Crippen LogP contribution in [-0.2, 0) is 4.79 Å². The Balaban J connectivity index is 1.42. The van der Waals surface area contributed by atoms with Crippen LogP contribution in [0.2, 0.25) is 0 Å². The molecule has 1 N–H and O–H groups in total. The summed E-state index contributed by atoms with van der Waals surface area (Å²) in [5.41, 5.74) is 4.35. The second-order valence-electron chi connectivity index (χ2n) is 8.63. The van der Waals surface area contributed by atoms with Gasteiger partial charge in [0.1, 0.15) is 5.39 Å². The number of amides is 1. The number of nitrogens with one attached hydrogen (secondary N) is 1. The number of nitro benzene ring substituents is 1. The van der Waals surface area contributed by atoms with Gasteiger partial charge in [0.25, 0.3) is 11.2 Å². The Hall–Kier alpha value is -3.99. The summed E-state index contributed by atoms with van der Waals surface area (Å²) in [5, 5.41) is 19.1. The fourth-order valence-corrected chi connectivity index (χ4v) is 5.45. The second-order valence-corrected chi connectivity index (χ2v) is 9.61. The molecule has 1 amide bonds. The molecule has 0 spiro atoms. The van der Waals surface area contributed by atoms with E-state index in [0.29, 0.717) is 33.2 Å². The van der Waals surface area contributed by atoms with Gasteiger partial charge < -0.3 is 5.32 Å². The zero-order valence-corrected chi connectivity index (χ0v) is 20.1. The predicted molar refractivity (Wildman–Crippen MR) is 133 cm³/mol. The Bertz CT molecular complexity index is 1570. The van der Waals surface area contributed by atoms with E-state index in [2.05, 4.69) is 16.5 Å². The molecule has 0 saturated heterocycles. The van der Waals surface area contributed by atoms with Gasteiger partial charge in [-0.1, -0.05) is 29.5 Å². The average Bonchev–Trinajstić information content (AvgIpc) is 3.40. The summed E-state index contributed by atoms with van der Waals surface area (Å²) in [5.74, 6) is 0.261. The number of carbonyl (C=O) groups excluding carboxylic acids is 1. The zero-order chi connectivity index (χ0) is 24.9. The highest BCUT2D eigenvalue weighted by atomic mass is 32.2. The van der Waals surface area contributed by atoms with Crippen LogP contribution in [0.3, 0.4) is 0 Å². The van der Waals surface area contributed by atoms with E-state index in [1.807, 2.05) is 26.0 Å². The highest BCUT2D eigenvalue weighted by molar-refractivity contribution is 7.99. The number of carbonyl (C=O) groups is 1. The lowest BCUT2D eigenvalue weighted by Gasteiger charge is -2.14. The van der Waals surface area contributed by atoms with Crippen molar-refractivity contribution in [1.29, 1.82) is 0 Å². The monoisotopic (exact) mass is 490 g/mol. The fraction of sp³-hybridized carbons (Fsp3) is 0.250. The SMILES string of the molecule is Cc1ccc(-n2ncc3c(=O)n4c(nc32)SCC4CC(=O)Nc2ccc([N+](=O)[O-])cc2C)c(C)c1. The van der Waals surface area contributed by atoms with E-state index in [-0.39, 0.29) is 29.6 Å². The number of hydrogen-bond acceptors (Lipinski definition) is 7. The summed E-state index contributed by atoms with van der Waals surface area (Å²) in [4.78, 5) is 41.3. The molecule has 0 bridgehead atoms. The highest BCUT2D eigenvalue weighted by Gasteiger charge is 2.30. The lowest BCUT2D eigenvalue weighted by Crippen LogP contribution is -2.28. The number of fused-ring (bicyclic) bond motifs is 2. The molecule has 1 aliphatic rings. The van der Waals surface area contributed by atoms with E-state index in [0.717, 1.165) is 16.8 Å². The first-order valence-corrected chi connectivity index (χ1v) is 12.0. The summed E-state index contributed by atoms with van der Waals surface area (Å²) in [6.07, 6.45) is 1.60. The number of benzene rings is 2. The summed E-state index contributed by atoms with van der Waals surface area (Å²) in [6.45, 7) is 5.71. The predicted octanol–water partition coefficient (Wildman–Crippen LogP) is 4.09. The van der Waals surface area contributed by atoms with Crippen molar-refractivity contribution in [2.75, 3.05) is 11.1 Å². The number of aryl methyl sites for hydroxylation is 3. The Morgan fingerprint density at radius 1 is 1.20 bits per heavy atom. The van der Waals surface area contributed by atoms with Crippen molar-refractivity contribution < 1.29 is 9.72 Å². The molecule has 0 radical (unpaired) electrons. The normalized spacial score (nSPS) is 14.8. The first-order valence-electron chi connectivity index (χ1n) is 11.0. The van der Waals surface area contributed by atoms with Gasteiger partial charge in [0, 0.05) is 30.0 Å². The fourth-order valence-electron chi connectivity index (χ4n) is 4.32. The van der Waals surface area contributed by atoms with Crippen molar-refractivity contribution in [1.82, 2.24) is 19.3 Å². The van der Waals surface area contributed by atoms with Crippen LogP contribution in [0.25, 0.3) is 16.7 Å². The van der Waals surface area contributed by atoms with Crippen molar-refractivity contribution in [2.24, 2.45) is 0 Å². The van der Waals surface area contributed by atoms with E-state index in [1.165, 1.54) is 36.2 Å². The Kier molecular flexibility index (Phi) is 5.64. The van der Waals surface area contributed by atoms with Crippen molar-refractivity contribution in [3.63, 3.8) is 0 Å². The van der Waals surface area contributed by atoms with Gasteiger partial charge >= 0.3 is 0 Å². The third-order valence-corrected chi connectivity index (χ3v) is 7.16. The van der Waals surface area contributed by atoms with Crippen LogP contribution in [-0.4, -0.2) is 35.9 Å². The summed E-state index contributed by atoms with van der Waals surface area (Å²) in [6, 6.07) is 9.93. The van der Waals surface area contributed by atoms with Crippen LogP contribution >= 0.6 is 11.8 Å². The van der Waals surface area contributed by atoms with Gasteiger partial charge in [-0.3, -0.25) is 24.3 Å². The molecule has 0 saturated carbocycles. The number of nitrogens with zero attached hydrogens (tertiary/aromatic N) is 5. The molecular formula is C24H22N6O4S. The number of anilines is 1. The van der Waals surface area contributed by atoms with Gasteiger partial charge in [-0.15, -0.1) is 0 Å². The molecule has 0 fully saturated rings. The van der Waals surface area contributed by atoms with Gasteiger partial charge in [0.15, 0.2) is 10.8 Å². The minimum Gasteiger partial charge on any atom is -0.326 e. The van der Waals surface area contributed by atoms with Crippen LogP contribution in [0.15, 0.2) is 52.5 Å². The van der Waals surface area contributed by atoms with Crippen molar-refractivity contribution in [2.45, 2.75) is 38.4 Å². The van der Waals surface area contributed by atoms with Gasteiger partial charge in [0.2, 0.25) is 5.91 Å². The van der Waals surface area contributed by atoms with Gasteiger partial charge in [-0.2, -0.15) is 5.10 Å². The molecule has 5 rings (SSSR count). The molecule has 2 aromatic heterocycles. The Morgan fingerprint density at radius 3 is 2.71 bits per heavy atom. The smallest absolute Gasteiger partial charge is 0.269 e. The molecular weight excluding hydrogens is 468 g/mol. The maximum Gasteiger partial charge on any atom is 0.269 e. The number of rotatable bonds is 5. The maximum atomic E-state index is 13.4. The number of hydrogen-bond donors (Lipinski definition) is 1. The van der Waals surface area contributed by atoms with Crippen LogP contribution < -0.4 is 10.9 Å². The zero-order valence-electron chi connectivity index (χ0n) is 19.3. The topological polar surface area (TPSA) is 125 Å². The molecule has 178 valence electrons. The van der Waals surface area contributed by atoms with E-state index >= 15 is 0 Å². The molecule has 10 nitrogen and oxygen atoms in total. The first kappa shape index (κ1) is 22.8. The van der Waals surface area contributed by atoms with E-state index < -0.39 is 4.92 Å². The summed E-state index contributed by atoms with van der Waals surface area (Å²) in [7, 11) is 0. The highest BCUT2D eigenvalue weighted by Crippen LogP contribution is 2.34. The minimum atomic E-state index is -0.478. The van der Waals surface area contributed by atoms with E-state index in [9.17, 15) is 19.7 Å². The molecule has 11 heteroatoms. The van der Waals surface area contributed by atoms with Crippen LogP contribution in [0.4, 0.5) is 11.4 Å². The number of aromatic nitrogens is 4. The third kappa shape index (κ3) is 4.08. The number of nitro groups is 1. The van der Waals surface area contributed by atoms with Crippen LogP contribution in [0.1, 0.15) is 29.2 Å². The number of thioether (sulfide) groups is 1. The van der Waals surface area contributed by atoms with Crippen molar-refractivity contribution in [3.8, 4) is 5.69 Å².